The zero-order valence-electron chi connectivity index (χ0n) is 11.1. The fourth-order valence-corrected chi connectivity index (χ4v) is 3.94. The highest BCUT2D eigenvalue weighted by molar-refractivity contribution is 7.92. The summed E-state index contributed by atoms with van der Waals surface area (Å²) in [7, 11) is -1.93. The minimum Gasteiger partial charge on any atom is -0.392 e. The summed E-state index contributed by atoms with van der Waals surface area (Å²) in [6.07, 6.45) is 2.17. The van der Waals surface area contributed by atoms with Crippen molar-refractivity contribution in [1.82, 2.24) is 4.31 Å². The average molecular weight is 294 g/mol. The largest absolute Gasteiger partial charge is 0.392 e. The molecular weight excluding hydrogens is 272 g/mol. The molecule has 7 heteroatoms. The van der Waals surface area contributed by atoms with Gasteiger partial charge in [-0.1, -0.05) is 12.2 Å². The molecule has 0 aliphatic heterocycles. The Bertz CT molecular complexity index is 393. The van der Waals surface area contributed by atoms with Gasteiger partial charge in [-0.25, -0.2) is 8.42 Å². The molecule has 5 nitrogen and oxygen atoms in total. The molecule has 0 aromatic carbocycles. The van der Waals surface area contributed by atoms with Gasteiger partial charge in [0, 0.05) is 19.7 Å². The maximum absolute atomic E-state index is 12.5. The lowest BCUT2D eigenvalue weighted by molar-refractivity contribution is 0.164. The van der Waals surface area contributed by atoms with Crippen molar-refractivity contribution >= 4 is 27.2 Å². The first kappa shape index (κ1) is 15.8. The Morgan fingerprint density at radius 2 is 2.06 bits per heavy atom. The first-order chi connectivity index (χ1) is 8.32. The Morgan fingerprint density at radius 1 is 1.50 bits per heavy atom. The van der Waals surface area contributed by atoms with E-state index in [1.807, 2.05) is 6.92 Å². The van der Waals surface area contributed by atoms with Crippen molar-refractivity contribution in [2.45, 2.75) is 38.0 Å². The van der Waals surface area contributed by atoms with E-state index in [0.29, 0.717) is 19.1 Å². The molecule has 2 atom stereocenters. The van der Waals surface area contributed by atoms with Gasteiger partial charge >= 0.3 is 0 Å². The summed E-state index contributed by atoms with van der Waals surface area (Å²) in [6, 6.07) is -0.0121. The second-order valence-electron chi connectivity index (χ2n) is 4.77. The zero-order chi connectivity index (χ0) is 13.9. The summed E-state index contributed by atoms with van der Waals surface area (Å²) in [6.45, 7) is 4.21. The number of sulfonamides is 1. The van der Waals surface area contributed by atoms with Crippen molar-refractivity contribution in [3.05, 3.63) is 0 Å². The lowest BCUT2D eigenvalue weighted by atomic mass is 10.2. The standard InChI is InChI=1S/C11H22N2O3S2/c1-8(10-4-5-10)13(6-7-16-3)18(14,15)9(2)11(12)17/h8-10H,4-7H2,1-3H3,(H2,12,17). The molecule has 0 aromatic rings. The van der Waals surface area contributed by atoms with Crippen LogP contribution in [0.25, 0.3) is 0 Å². The maximum atomic E-state index is 12.5. The van der Waals surface area contributed by atoms with Crippen molar-refractivity contribution in [3.63, 3.8) is 0 Å². The van der Waals surface area contributed by atoms with Crippen molar-refractivity contribution in [3.8, 4) is 0 Å². The summed E-state index contributed by atoms with van der Waals surface area (Å²) >= 11 is 4.81. The molecule has 0 bridgehead atoms. The molecule has 1 rings (SSSR count). The molecule has 1 saturated carbocycles. The first-order valence-electron chi connectivity index (χ1n) is 6.11. The van der Waals surface area contributed by atoms with E-state index in [0.717, 1.165) is 12.8 Å². The van der Waals surface area contributed by atoms with Gasteiger partial charge in [0.25, 0.3) is 0 Å². The van der Waals surface area contributed by atoms with Crippen LogP contribution in [0.5, 0.6) is 0 Å². The van der Waals surface area contributed by atoms with Gasteiger partial charge in [-0.3, -0.25) is 0 Å². The number of nitrogens with zero attached hydrogens (tertiary/aromatic N) is 1. The van der Waals surface area contributed by atoms with Crippen molar-refractivity contribution < 1.29 is 13.2 Å². The number of methoxy groups -OCH3 is 1. The van der Waals surface area contributed by atoms with E-state index >= 15 is 0 Å². The van der Waals surface area contributed by atoms with E-state index in [9.17, 15) is 8.42 Å². The van der Waals surface area contributed by atoms with Gasteiger partial charge < -0.3 is 10.5 Å². The van der Waals surface area contributed by atoms with Crippen LogP contribution in [-0.2, 0) is 14.8 Å². The third-order valence-electron chi connectivity index (χ3n) is 3.45. The summed E-state index contributed by atoms with van der Waals surface area (Å²) in [5.74, 6) is 0.454. The summed E-state index contributed by atoms with van der Waals surface area (Å²) in [5.41, 5.74) is 5.47. The van der Waals surface area contributed by atoms with Gasteiger partial charge in [0.05, 0.1) is 11.6 Å². The molecule has 0 aromatic heterocycles. The van der Waals surface area contributed by atoms with Crippen LogP contribution >= 0.6 is 12.2 Å². The molecule has 1 aliphatic rings. The molecule has 0 spiro atoms. The Labute approximate surface area is 115 Å². The molecule has 1 aliphatic carbocycles. The number of hydrogen-bond acceptors (Lipinski definition) is 4. The highest BCUT2D eigenvalue weighted by Gasteiger charge is 2.40. The molecule has 1 fully saturated rings. The molecule has 106 valence electrons. The quantitative estimate of drug-likeness (QED) is 0.668. The SMILES string of the molecule is COCCN(C(C)C1CC1)S(=O)(=O)C(C)C(N)=S. The van der Waals surface area contributed by atoms with Crippen LogP contribution in [0.4, 0.5) is 0 Å². The number of nitrogens with two attached hydrogens (primary N) is 1. The van der Waals surface area contributed by atoms with Gasteiger partial charge in [-0.05, 0) is 32.6 Å². The van der Waals surface area contributed by atoms with Crippen LogP contribution in [0.15, 0.2) is 0 Å². The van der Waals surface area contributed by atoms with Gasteiger partial charge in [-0.2, -0.15) is 4.31 Å². The van der Waals surface area contributed by atoms with Crippen LogP contribution in [0.1, 0.15) is 26.7 Å². The molecule has 0 radical (unpaired) electrons. The van der Waals surface area contributed by atoms with Crippen LogP contribution in [0.2, 0.25) is 0 Å². The number of thiocarbonyl (C=S) groups is 1. The molecule has 18 heavy (non-hydrogen) atoms. The minimum atomic E-state index is -3.49. The predicted octanol–water partition coefficient (Wildman–Crippen LogP) is 0.738. The topological polar surface area (TPSA) is 72.6 Å². The monoisotopic (exact) mass is 294 g/mol. The Kier molecular flexibility index (Phi) is 5.51. The van der Waals surface area contributed by atoms with Gasteiger partial charge in [0.15, 0.2) is 0 Å². The van der Waals surface area contributed by atoms with Crippen LogP contribution in [-0.4, -0.2) is 49.3 Å². The average Bonchev–Trinajstić information content (AvgIpc) is 3.11. The Balaban J connectivity index is 2.89. The predicted molar refractivity (Wildman–Crippen MR) is 75.9 cm³/mol. The number of hydrogen-bond donors (Lipinski definition) is 1. The molecular formula is C11H22N2O3S2. The second kappa shape index (κ2) is 6.27. The third kappa shape index (κ3) is 3.63. The molecule has 0 heterocycles. The lowest BCUT2D eigenvalue weighted by Crippen LogP contribution is -2.48. The lowest BCUT2D eigenvalue weighted by Gasteiger charge is -2.30. The first-order valence-corrected chi connectivity index (χ1v) is 8.02. The maximum Gasteiger partial charge on any atom is 0.223 e. The molecule has 0 saturated heterocycles. The van der Waals surface area contributed by atoms with Crippen molar-refractivity contribution in [1.29, 1.82) is 0 Å². The fourth-order valence-electron chi connectivity index (χ4n) is 1.91. The summed E-state index contributed by atoms with van der Waals surface area (Å²) in [5, 5.41) is -0.828. The Hall–Kier alpha value is -0.240. The molecule has 0 amide bonds. The van der Waals surface area contributed by atoms with Crippen LogP contribution < -0.4 is 5.73 Å². The van der Waals surface area contributed by atoms with Gasteiger partial charge in [0.1, 0.15) is 5.25 Å². The molecule has 2 unspecified atom stereocenters. The van der Waals surface area contributed by atoms with Crippen LogP contribution in [0, 0.1) is 5.92 Å². The van der Waals surface area contributed by atoms with Gasteiger partial charge in [0.2, 0.25) is 10.0 Å². The van der Waals surface area contributed by atoms with E-state index in [4.69, 9.17) is 22.7 Å². The van der Waals surface area contributed by atoms with E-state index in [1.54, 1.807) is 7.11 Å². The summed E-state index contributed by atoms with van der Waals surface area (Å²) in [4.78, 5) is 0.0143. The molecule has 2 N–H and O–H groups in total. The van der Waals surface area contributed by atoms with Crippen molar-refractivity contribution in [2.24, 2.45) is 11.7 Å². The van der Waals surface area contributed by atoms with Crippen molar-refractivity contribution in [2.75, 3.05) is 20.3 Å². The highest BCUT2D eigenvalue weighted by Crippen LogP contribution is 2.36. The van der Waals surface area contributed by atoms with Gasteiger partial charge in [-0.15, -0.1) is 0 Å². The zero-order valence-corrected chi connectivity index (χ0v) is 12.8. The van der Waals surface area contributed by atoms with E-state index in [2.05, 4.69) is 0 Å². The number of rotatable bonds is 8. The fraction of sp³-hybridized carbons (Fsp3) is 0.909. The van der Waals surface area contributed by atoms with E-state index < -0.39 is 15.3 Å². The summed E-state index contributed by atoms with van der Waals surface area (Å²) < 4.78 is 31.4. The highest BCUT2D eigenvalue weighted by atomic mass is 32.2. The Morgan fingerprint density at radius 3 is 2.44 bits per heavy atom. The minimum absolute atomic E-state index is 0.0121. The van der Waals surface area contributed by atoms with E-state index in [-0.39, 0.29) is 11.0 Å². The van der Waals surface area contributed by atoms with E-state index in [1.165, 1.54) is 11.2 Å². The number of ether oxygens (including phenoxy) is 1. The van der Waals surface area contributed by atoms with Crippen LogP contribution in [0.3, 0.4) is 0 Å². The third-order valence-corrected chi connectivity index (χ3v) is 6.27. The normalized spacial score (nSPS) is 19.8. The smallest absolute Gasteiger partial charge is 0.223 e. The second-order valence-corrected chi connectivity index (χ2v) is 7.45.